The fourth-order valence-corrected chi connectivity index (χ4v) is 3.32. The molecule has 1 aromatic rings. The van der Waals surface area contributed by atoms with Crippen LogP contribution in [0.2, 0.25) is 5.02 Å². The lowest BCUT2D eigenvalue weighted by Crippen LogP contribution is -2.24. The molecule has 4 heteroatoms. The van der Waals surface area contributed by atoms with Gasteiger partial charge in [-0.25, -0.2) is 0 Å². The second kappa shape index (κ2) is 6.45. The van der Waals surface area contributed by atoms with Crippen molar-refractivity contribution in [3.05, 3.63) is 22.7 Å². The van der Waals surface area contributed by atoms with Crippen LogP contribution in [0.4, 0.5) is 0 Å². The number of halogens is 1. The lowest BCUT2D eigenvalue weighted by molar-refractivity contribution is 0.297. The van der Waals surface area contributed by atoms with Gasteiger partial charge in [-0.15, -0.1) is 0 Å². The normalized spacial score (nSPS) is 25.3. The Labute approximate surface area is 132 Å². The highest BCUT2D eigenvalue weighted by Gasteiger charge is 2.41. The summed E-state index contributed by atoms with van der Waals surface area (Å²) in [5.41, 5.74) is 1.16. The standard InChI is InChI=1S/C17H24ClNO2/c1-3-5-19-17(12-8-11(12)2)13-9-15-16(10-14(13)18)21-7-4-6-20-15/h9-12,17,19H,3-8H2,1-2H3. The quantitative estimate of drug-likeness (QED) is 0.884. The largest absolute Gasteiger partial charge is 0.490 e. The van der Waals surface area contributed by atoms with Crippen molar-refractivity contribution in [1.29, 1.82) is 0 Å². The number of benzene rings is 1. The van der Waals surface area contributed by atoms with Crippen molar-refractivity contribution in [3.63, 3.8) is 0 Å². The zero-order valence-corrected chi connectivity index (χ0v) is 13.6. The van der Waals surface area contributed by atoms with Gasteiger partial charge in [0.2, 0.25) is 0 Å². The lowest BCUT2D eigenvalue weighted by Gasteiger charge is -2.22. The topological polar surface area (TPSA) is 30.5 Å². The van der Waals surface area contributed by atoms with Gasteiger partial charge in [0.1, 0.15) is 0 Å². The van der Waals surface area contributed by atoms with Crippen LogP contribution >= 0.6 is 11.6 Å². The van der Waals surface area contributed by atoms with E-state index in [2.05, 4.69) is 25.2 Å². The molecular weight excluding hydrogens is 286 g/mol. The molecule has 3 unspecified atom stereocenters. The van der Waals surface area contributed by atoms with Crippen LogP contribution in [0, 0.1) is 11.8 Å². The number of nitrogens with one attached hydrogen (secondary N) is 1. The van der Waals surface area contributed by atoms with E-state index in [1.165, 1.54) is 6.42 Å². The van der Waals surface area contributed by atoms with Crippen LogP contribution in [0.15, 0.2) is 12.1 Å². The Morgan fingerprint density at radius 2 is 1.95 bits per heavy atom. The monoisotopic (exact) mass is 309 g/mol. The van der Waals surface area contributed by atoms with Crippen LogP contribution in [0.25, 0.3) is 0 Å². The SMILES string of the molecule is CCCNC(c1cc2c(cc1Cl)OCCCO2)C1CC1C. The molecule has 21 heavy (non-hydrogen) atoms. The highest BCUT2D eigenvalue weighted by molar-refractivity contribution is 6.31. The minimum absolute atomic E-state index is 0.324. The van der Waals surface area contributed by atoms with Crippen LogP contribution < -0.4 is 14.8 Å². The number of rotatable bonds is 5. The van der Waals surface area contributed by atoms with Crippen LogP contribution in [-0.2, 0) is 0 Å². The average molecular weight is 310 g/mol. The van der Waals surface area contributed by atoms with Crippen molar-refractivity contribution in [2.45, 2.75) is 39.2 Å². The summed E-state index contributed by atoms with van der Waals surface area (Å²) >= 11 is 6.53. The summed E-state index contributed by atoms with van der Waals surface area (Å²) < 4.78 is 11.5. The van der Waals surface area contributed by atoms with Gasteiger partial charge >= 0.3 is 0 Å². The number of ether oxygens (including phenoxy) is 2. The molecule has 0 amide bonds. The molecule has 0 spiro atoms. The first-order valence-electron chi connectivity index (χ1n) is 8.03. The summed E-state index contributed by atoms with van der Waals surface area (Å²) in [6.45, 7) is 6.91. The van der Waals surface area contributed by atoms with Gasteiger partial charge in [-0.3, -0.25) is 0 Å². The van der Waals surface area contributed by atoms with Crippen molar-refractivity contribution in [3.8, 4) is 11.5 Å². The molecule has 0 saturated heterocycles. The Hall–Kier alpha value is -0.930. The summed E-state index contributed by atoms with van der Waals surface area (Å²) in [6.07, 6.45) is 3.31. The molecule has 3 rings (SSSR count). The van der Waals surface area contributed by atoms with Crippen molar-refractivity contribution in [1.82, 2.24) is 5.32 Å². The summed E-state index contributed by atoms with van der Waals surface area (Å²) in [7, 11) is 0. The van der Waals surface area contributed by atoms with Crippen molar-refractivity contribution < 1.29 is 9.47 Å². The third kappa shape index (κ3) is 3.29. The van der Waals surface area contributed by atoms with Gasteiger partial charge < -0.3 is 14.8 Å². The smallest absolute Gasteiger partial charge is 0.162 e. The fourth-order valence-electron chi connectivity index (χ4n) is 3.05. The van der Waals surface area contributed by atoms with Crippen molar-refractivity contribution in [2.75, 3.05) is 19.8 Å². The summed E-state index contributed by atoms with van der Waals surface area (Å²) in [4.78, 5) is 0. The molecule has 0 radical (unpaired) electrons. The minimum atomic E-state index is 0.324. The Morgan fingerprint density at radius 1 is 1.29 bits per heavy atom. The Bertz CT molecular complexity index is 506. The number of fused-ring (bicyclic) bond motifs is 1. The molecule has 1 heterocycles. The van der Waals surface area contributed by atoms with Crippen molar-refractivity contribution >= 4 is 11.6 Å². The molecular formula is C17H24ClNO2. The molecule has 0 bridgehead atoms. The van der Waals surface area contributed by atoms with Gasteiger partial charge in [0.05, 0.1) is 13.2 Å². The van der Waals surface area contributed by atoms with E-state index < -0.39 is 0 Å². The molecule has 1 N–H and O–H groups in total. The molecule has 0 aromatic heterocycles. The predicted molar refractivity (Wildman–Crippen MR) is 85.4 cm³/mol. The van der Waals surface area contributed by atoms with Crippen LogP contribution in [-0.4, -0.2) is 19.8 Å². The van der Waals surface area contributed by atoms with E-state index in [0.29, 0.717) is 25.2 Å². The molecule has 1 aromatic carbocycles. The molecule has 1 fully saturated rings. The molecule has 2 aliphatic rings. The Kier molecular flexibility index (Phi) is 4.60. The highest BCUT2D eigenvalue weighted by Crippen LogP contribution is 2.49. The lowest BCUT2D eigenvalue weighted by atomic mass is 10.00. The van der Waals surface area contributed by atoms with Gasteiger partial charge in [0, 0.05) is 23.6 Å². The van der Waals surface area contributed by atoms with Gasteiger partial charge in [0.25, 0.3) is 0 Å². The molecule has 1 saturated carbocycles. The zero-order chi connectivity index (χ0) is 14.8. The number of hydrogen-bond donors (Lipinski definition) is 1. The highest BCUT2D eigenvalue weighted by atomic mass is 35.5. The van der Waals surface area contributed by atoms with E-state index in [4.69, 9.17) is 21.1 Å². The van der Waals surface area contributed by atoms with E-state index in [0.717, 1.165) is 47.4 Å². The van der Waals surface area contributed by atoms with Crippen LogP contribution in [0.1, 0.15) is 44.7 Å². The number of hydrogen-bond acceptors (Lipinski definition) is 3. The van der Waals surface area contributed by atoms with Gasteiger partial charge in [-0.2, -0.15) is 0 Å². The molecule has 3 atom stereocenters. The van der Waals surface area contributed by atoms with E-state index in [1.807, 2.05) is 6.07 Å². The second-order valence-corrected chi connectivity index (χ2v) is 6.59. The van der Waals surface area contributed by atoms with E-state index in [9.17, 15) is 0 Å². The van der Waals surface area contributed by atoms with Gasteiger partial charge in [0.15, 0.2) is 11.5 Å². The molecule has 3 nitrogen and oxygen atoms in total. The van der Waals surface area contributed by atoms with E-state index in [-0.39, 0.29) is 0 Å². The third-order valence-corrected chi connectivity index (χ3v) is 4.74. The first-order valence-corrected chi connectivity index (χ1v) is 8.41. The van der Waals surface area contributed by atoms with Crippen LogP contribution in [0.5, 0.6) is 11.5 Å². The van der Waals surface area contributed by atoms with Crippen molar-refractivity contribution in [2.24, 2.45) is 11.8 Å². The predicted octanol–water partition coefficient (Wildman–Crippen LogP) is 4.20. The van der Waals surface area contributed by atoms with E-state index >= 15 is 0 Å². The molecule has 1 aliphatic carbocycles. The Morgan fingerprint density at radius 3 is 2.57 bits per heavy atom. The summed E-state index contributed by atoms with van der Waals surface area (Å²) in [5, 5.41) is 4.44. The van der Waals surface area contributed by atoms with Crippen LogP contribution in [0.3, 0.4) is 0 Å². The maximum Gasteiger partial charge on any atom is 0.162 e. The maximum atomic E-state index is 6.53. The van der Waals surface area contributed by atoms with Gasteiger partial charge in [-0.1, -0.05) is 25.4 Å². The minimum Gasteiger partial charge on any atom is -0.490 e. The molecule has 116 valence electrons. The van der Waals surface area contributed by atoms with Gasteiger partial charge in [-0.05, 0) is 42.9 Å². The van der Waals surface area contributed by atoms with E-state index in [1.54, 1.807) is 0 Å². The molecule has 1 aliphatic heterocycles. The summed E-state index contributed by atoms with van der Waals surface area (Å²) in [6, 6.07) is 4.33. The summed E-state index contributed by atoms with van der Waals surface area (Å²) in [5.74, 6) is 3.06. The zero-order valence-electron chi connectivity index (χ0n) is 12.8. The fraction of sp³-hybridized carbons (Fsp3) is 0.647. The first kappa shape index (κ1) is 15.0. The average Bonchev–Trinajstić information content (AvgIpc) is 3.22. The third-order valence-electron chi connectivity index (χ3n) is 4.42. The maximum absolute atomic E-state index is 6.53. The Balaban J connectivity index is 1.89. The second-order valence-electron chi connectivity index (χ2n) is 6.18. The first-order chi connectivity index (χ1) is 10.2.